The van der Waals surface area contributed by atoms with Crippen molar-refractivity contribution in [3.05, 3.63) is 79.5 Å². The normalized spacial score (nSPS) is 10.8. The summed E-state index contributed by atoms with van der Waals surface area (Å²) in [5.74, 6) is -1.08. The number of hydrogen-bond acceptors (Lipinski definition) is 3. The highest BCUT2D eigenvalue weighted by Gasteiger charge is 2.11. The Kier molecular flexibility index (Phi) is 3.75. The lowest BCUT2D eigenvalue weighted by atomic mass is 10.1. The molecule has 0 saturated heterocycles. The van der Waals surface area contributed by atoms with Gasteiger partial charge in [-0.1, -0.05) is 23.7 Å². The number of hydrogen-bond donors (Lipinski definition) is 2. The number of fused-ring (bicyclic) bond motifs is 1. The van der Waals surface area contributed by atoms with Gasteiger partial charge in [0, 0.05) is 5.02 Å². The van der Waals surface area contributed by atoms with Crippen LogP contribution in [0.5, 0.6) is 0 Å². The number of aromatic carboxylic acids is 1. The van der Waals surface area contributed by atoms with Crippen molar-refractivity contribution in [2.24, 2.45) is 0 Å². The molecule has 0 aliphatic carbocycles. The van der Waals surface area contributed by atoms with Gasteiger partial charge in [-0.2, -0.15) is 0 Å². The molecule has 2 N–H and O–H groups in total. The minimum absolute atomic E-state index is 0.0517. The molecule has 0 atom stereocenters. The van der Waals surface area contributed by atoms with Crippen LogP contribution in [-0.4, -0.2) is 20.6 Å². The molecule has 7 heteroatoms. The molecule has 3 rings (SSSR count). The molecule has 0 fully saturated rings. The van der Waals surface area contributed by atoms with E-state index >= 15 is 0 Å². The lowest BCUT2D eigenvalue weighted by molar-refractivity contribution is 0.0697. The average molecular weight is 331 g/mol. The standard InChI is InChI=1S/C16H11ClN2O4/c17-12-6-5-9(15(21)22)7-10(12)8-19-13-4-2-1-3-11(13)14(20)18-16(19)23/h1-7H,8H2,(H,21,22)(H,18,20,23). The molecule has 0 spiro atoms. The van der Waals surface area contributed by atoms with Crippen LogP contribution in [0, 0.1) is 0 Å². The van der Waals surface area contributed by atoms with Crippen molar-refractivity contribution in [1.82, 2.24) is 9.55 Å². The Labute approximate surface area is 134 Å². The molecule has 0 aliphatic rings. The molecular weight excluding hydrogens is 320 g/mol. The summed E-state index contributed by atoms with van der Waals surface area (Å²) >= 11 is 6.11. The van der Waals surface area contributed by atoms with Crippen LogP contribution in [0.3, 0.4) is 0 Å². The van der Waals surface area contributed by atoms with E-state index in [4.69, 9.17) is 16.7 Å². The molecule has 1 aromatic heterocycles. The average Bonchev–Trinajstić information content (AvgIpc) is 2.52. The molecule has 116 valence electrons. The summed E-state index contributed by atoms with van der Waals surface area (Å²) in [5.41, 5.74) is -0.0344. The van der Waals surface area contributed by atoms with Crippen molar-refractivity contribution in [2.45, 2.75) is 6.54 Å². The Morgan fingerprint density at radius 3 is 2.65 bits per heavy atom. The first-order valence-electron chi connectivity index (χ1n) is 6.71. The van der Waals surface area contributed by atoms with Crippen LogP contribution in [0.4, 0.5) is 0 Å². The fraction of sp³-hybridized carbons (Fsp3) is 0.0625. The Balaban J connectivity index is 2.20. The predicted octanol–water partition coefficient (Wildman–Crippen LogP) is 2.09. The predicted molar refractivity (Wildman–Crippen MR) is 86.3 cm³/mol. The highest BCUT2D eigenvalue weighted by molar-refractivity contribution is 6.31. The topological polar surface area (TPSA) is 92.2 Å². The number of H-pyrrole nitrogens is 1. The Morgan fingerprint density at radius 2 is 1.91 bits per heavy atom. The summed E-state index contributed by atoms with van der Waals surface area (Å²) in [7, 11) is 0. The van der Waals surface area contributed by atoms with Gasteiger partial charge in [0.2, 0.25) is 0 Å². The molecule has 2 aromatic carbocycles. The van der Waals surface area contributed by atoms with Crippen LogP contribution in [-0.2, 0) is 6.54 Å². The first-order valence-corrected chi connectivity index (χ1v) is 7.09. The van der Waals surface area contributed by atoms with Gasteiger partial charge in [0.05, 0.1) is 23.0 Å². The van der Waals surface area contributed by atoms with Crippen LogP contribution in [0.25, 0.3) is 10.9 Å². The third kappa shape index (κ3) is 2.76. The number of halogens is 1. The van der Waals surface area contributed by atoms with Gasteiger partial charge in [0.25, 0.3) is 5.56 Å². The van der Waals surface area contributed by atoms with Crippen LogP contribution >= 0.6 is 11.6 Å². The second-order valence-electron chi connectivity index (χ2n) is 4.97. The summed E-state index contributed by atoms with van der Waals surface area (Å²) in [6.07, 6.45) is 0. The minimum atomic E-state index is -1.08. The van der Waals surface area contributed by atoms with Gasteiger partial charge in [-0.3, -0.25) is 14.3 Å². The van der Waals surface area contributed by atoms with E-state index in [0.29, 0.717) is 21.5 Å². The van der Waals surface area contributed by atoms with E-state index in [1.165, 1.54) is 22.8 Å². The number of carboxylic acid groups (broad SMARTS) is 1. The van der Waals surface area contributed by atoms with E-state index in [2.05, 4.69) is 4.98 Å². The van der Waals surface area contributed by atoms with E-state index < -0.39 is 17.2 Å². The number of carboxylic acids is 1. The molecule has 0 unspecified atom stereocenters. The lowest BCUT2D eigenvalue weighted by Gasteiger charge is -2.11. The molecule has 1 heterocycles. The maximum atomic E-state index is 12.1. The number of aromatic nitrogens is 2. The third-order valence-corrected chi connectivity index (χ3v) is 3.89. The SMILES string of the molecule is O=C(O)c1ccc(Cl)c(Cn2c(=O)[nH]c(=O)c3ccccc32)c1. The third-order valence-electron chi connectivity index (χ3n) is 3.53. The zero-order valence-electron chi connectivity index (χ0n) is 11.7. The number of benzene rings is 2. The zero-order valence-corrected chi connectivity index (χ0v) is 12.5. The van der Waals surface area contributed by atoms with E-state index in [0.717, 1.165) is 0 Å². The van der Waals surface area contributed by atoms with E-state index in [1.54, 1.807) is 24.3 Å². The number of nitrogens with zero attached hydrogens (tertiary/aromatic N) is 1. The van der Waals surface area contributed by atoms with E-state index in [1.807, 2.05) is 0 Å². The van der Waals surface area contributed by atoms with Crippen molar-refractivity contribution < 1.29 is 9.90 Å². The van der Waals surface area contributed by atoms with Crippen LogP contribution in [0.15, 0.2) is 52.1 Å². The van der Waals surface area contributed by atoms with Crippen molar-refractivity contribution in [1.29, 1.82) is 0 Å². The van der Waals surface area contributed by atoms with Crippen LogP contribution in [0.1, 0.15) is 15.9 Å². The number of nitrogens with one attached hydrogen (secondary N) is 1. The summed E-state index contributed by atoms with van der Waals surface area (Å²) < 4.78 is 1.35. The molecular formula is C16H11ClN2O4. The monoisotopic (exact) mass is 330 g/mol. The highest BCUT2D eigenvalue weighted by atomic mass is 35.5. The smallest absolute Gasteiger partial charge is 0.335 e. The fourth-order valence-corrected chi connectivity index (χ4v) is 2.58. The van der Waals surface area contributed by atoms with Crippen LogP contribution in [0.2, 0.25) is 5.02 Å². The van der Waals surface area contributed by atoms with Gasteiger partial charge < -0.3 is 5.11 Å². The fourth-order valence-electron chi connectivity index (χ4n) is 2.40. The van der Waals surface area contributed by atoms with E-state index in [9.17, 15) is 14.4 Å². The molecule has 0 aliphatic heterocycles. The number of rotatable bonds is 3. The molecule has 23 heavy (non-hydrogen) atoms. The van der Waals surface area contributed by atoms with E-state index in [-0.39, 0.29) is 12.1 Å². The quantitative estimate of drug-likeness (QED) is 0.769. The first-order chi connectivity index (χ1) is 11.0. The first kappa shape index (κ1) is 15.1. The maximum Gasteiger partial charge on any atom is 0.335 e. The molecule has 0 radical (unpaired) electrons. The maximum absolute atomic E-state index is 12.1. The van der Waals surface area contributed by atoms with Gasteiger partial charge in [0.1, 0.15) is 0 Å². The van der Waals surface area contributed by atoms with Gasteiger partial charge >= 0.3 is 11.7 Å². The Hall–Kier alpha value is -2.86. The zero-order chi connectivity index (χ0) is 16.6. The molecule has 0 bridgehead atoms. The number of aromatic amines is 1. The lowest BCUT2D eigenvalue weighted by Crippen LogP contribution is -2.30. The van der Waals surface area contributed by atoms with Crippen LogP contribution < -0.4 is 11.2 Å². The molecule has 0 amide bonds. The summed E-state index contributed by atoms with van der Waals surface area (Å²) in [5, 5.41) is 9.79. The van der Waals surface area contributed by atoms with Crippen molar-refractivity contribution in [3.63, 3.8) is 0 Å². The summed E-state index contributed by atoms with van der Waals surface area (Å²) in [4.78, 5) is 37.3. The molecule has 3 aromatic rings. The van der Waals surface area contributed by atoms with Gasteiger partial charge in [-0.05, 0) is 35.9 Å². The number of carbonyl (C=O) groups is 1. The molecule has 6 nitrogen and oxygen atoms in total. The van der Waals surface area contributed by atoms with Gasteiger partial charge in [-0.25, -0.2) is 9.59 Å². The summed E-state index contributed by atoms with van der Waals surface area (Å²) in [6.45, 7) is 0.0517. The van der Waals surface area contributed by atoms with Crippen molar-refractivity contribution in [3.8, 4) is 0 Å². The second kappa shape index (κ2) is 5.73. The Bertz CT molecular complexity index is 1040. The van der Waals surface area contributed by atoms with Gasteiger partial charge in [0.15, 0.2) is 0 Å². The van der Waals surface area contributed by atoms with Crippen molar-refractivity contribution in [2.75, 3.05) is 0 Å². The minimum Gasteiger partial charge on any atom is -0.478 e. The number of para-hydroxylation sites is 1. The van der Waals surface area contributed by atoms with Gasteiger partial charge in [-0.15, -0.1) is 0 Å². The Morgan fingerprint density at radius 1 is 1.17 bits per heavy atom. The molecule has 0 saturated carbocycles. The second-order valence-corrected chi connectivity index (χ2v) is 5.38. The summed E-state index contributed by atoms with van der Waals surface area (Å²) in [6, 6.07) is 11.0. The largest absolute Gasteiger partial charge is 0.478 e. The van der Waals surface area contributed by atoms with Crippen molar-refractivity contribution >= 4 is 28.5 Å². The highest BCUT2D eigenvalue weighted by Crippen LogP contribution is 2.19.